The lowest BCUT2D eigenvalue weighted by molar-refractivity contribution is -0.156. The molecule has 2 unspecified atom stereocenters. The van der Waals surface area contributed by atoms with Crippen molar-refractivity contribution in [1.82, 2.24) is 4.90 Å². The number of nitrogens with zero attached hydrogens (tertiary/aromatic N) is 1. The summed E-state index contributed by atoms with van der Waals surface area (Å²) < 4.78 is 4.98. The van der Waals surface area contributed by atoms with Gasteiger partial charge >= 0.3 is 5.97 Å². The van der Waals surface area contributed by atoms with Crippen molar-refractivity contribution in [2.75, 3.05) is 27.2 Å². The summed E-state index contributed by atoms with van der Waals surface area (Å²) in [5.74, 6) is 0.556. The highest BCUT2D eigenvalue weighted by molar-refractivity contribution is 5.78. The molecule has 3 nitrogen and oxygen atoms in total. The van der Waals surface area contributed by atoms with Gasteiger partial charge in [0, 0.05) is 13.1 Å². The molecule has 0 aromatic heterocycles. The number of carbonyl (C=O) groups excluding carboxylic acids is 1. The summed E-state index contributed by atoms with van der Waals surface area (Å²) in [5, 5.41) is 0. The predicted molar refractivity (Wildman–Crippen MR) is 53.9 cm³/mol. The molecule has 0 bridgehead atoms. The van der Waals surface area contributed by atoms with Crippen LogP contribution in [0.5, 0.6) is 0 Å². The molecule has 0 aromatic carbocycles. The van der Waals surface area contributed by atoms with Gasteiger partial charge in [-0.3, -0.25) is 4.79 Å². The molecule has 0 N–H and O–H groups in total. The SMILES string of the molecule is COC(=O)C12CCCCC1CN(C)C2. The third-order valence-corrected chi connectivity index (χ3v) is 3.88. The monoisotopic (exact) mass is 197 g/mol. The van der Waals surface area contributed by atoms with Crippen molar-refractivity contribution in [3.63, 3.8) is 0 Å². The van der Waals surface area contributed by atoms with Crippen molar-refractivity contribution in [1.29, 1.82) is 0 Å². The molecule has 0 radical (unpaired) electrons. The normalized spacial score (nSPS) is 38.0. The summed E-state index contributed by atoms with van der Waals surface area (Å²) in [6.45, 7) is 1.96. The second-order valence-electron chi connectivity index (χ2n) is 4.79. The molecule has 2 rings (SSSR count). The van der Waals surface area contributed by atoms with E-state index in [1.165, 1.54) is 26.4 Å². The second kappa shape index (κ2) is 3.54. The molecule has 0 spiro atoms. The van der Waals surface area contributed by atoms with Crippen LogP contribution in [-0.2, 0) is 9.53 Å². The minimum Gasteiger partial charge on any atom is -0.469 e. The zero-order valence-electron chi connectivity index (χ0n) is 9.08. The fourth-order valence-electron chi connectivity index (χ4n) is 3.24. The molecule has 1 heterocycles. The molecule has 2 atom stereocenters. The zero-order valence-corrected chi connectivity index (χ0v) is 9.08. The maximum Gasteiger partial charge on any atom is 0.313 e. The molecule has 1 saturated heterocycles. The number of ether oxygens (including phenoxy) is 1. The van der Waals surface area contributed by atoms with E-state index in [2.05, 4.69) is 11.9 Å². The highest BCUT2D eigenvalue weighted by Crippen LogP contribution is 2.46. The summed E-state index contributed by atoms with van der Waals surface area (Å²) in [7, 11) is 3.62. The zero-order chi connectivity index (χ0) is 10.2. The van der Waals surface area contributed by atoms with Crippen LogP contribution < -0.4 is 0 Å². The van der Waals surface area contributed by atoms with Gasteiger partial charge in [-0.05, 0) is 25.8 Å². The van der Waals surface area contributed by atoms with E-state index in [9.17, 15) is 4.79 Å². The van der Waals surface area contributed by atoms with E-state index in [0.29, 0.717) is 5.92 Å². The number of carbonyl (C=O) groups is 1. The molecule has 3 heteroatoms. The minimum atomic E-state index is -0.165. The summed E-state index contributed by atoms with van der Waals surface area (Å²) in [4.78, 5) is 14.1. The van der Waals surface area contributed by atoms with Crippen LogP contribution in [0.4, 0.5) is 0 Å². The van der Waals surface area contributed by atoms with E-state index < -0.39 is 0 Å². The van der Waals surface area contributed by atoms with Crippen molar-refractivity contribution in [3.05, 3.63) is 0 Å². The van der Waals surface area contributed by atoms with Gasteiger partial charge in [0.15, 0.2) is 0 Å². The molecular weight excluding hydrogens is 178 g/mol. The van der Waals surface area contributed by atoms with E-state index >= 15 is 0 Å². The number of esters is 1. The quantitative estimate of drug-likeness (QED) is 0.593. The lowest BCUT2D eigenvalue weighted by Gasteiger charge is -2.35. The predicted octanol–water partition coefficient (Wildman–Crippen LogP) is 1.28. The van der Waals surface area contributed by atoms with Gasteiger partial charge in [0.2, 0.25) is 0 Å². The van der Waals surface area contributed by atoms with Crippen LogP contribution in [0.15, 0.2) is 0 Å². The molecule has 80 valence electrons. The minimum absolute atomic E-state index is 0.0200. The van der Waals surface area contributed by atoms with Crippen molar-refractivity contribution >= 4 is 5.97 Å². The Morgan fingerprint density at radius 3 is 3.00 bits per heavy atom. The molecule has 2 aliphatic rings. The molecule has 2 fully saturated rings. The van der Waals surface area contributed by atoms with Crippen molar-refractivity contribution in [2.45, 2.75) is 25.7 Å². The molecule has 14 heavy (non-hydrogen) atoms. The number of likely N-dealkylation sites (tertiary alicyclic amines) is 1. The Morgan fingerprint density at radius 2 is 2.29 bits per heavy atom. The lowest BCUT2D eigenvalue weighted by Crippen LogP contribution is -2.41. The summed E-state index contributed by atoms with van der Waals surface area (Å²) >= 11 is 0. The topological polar surface area (TPSA) is 29.5 Å². The van der Waals surface area contributed by atoms with Crippen LogP contribution in [-0.4, -0.2) is 38.1 Å². The average Bonchev–Trinajstić information content (AvgIpc) is 2.53. The van der Waals surface area contributed by atoms with Crippen molar-refractivity contribution < 1.29 is 9.53 Å². The van der Waals surface area contributed by atoms with Gasteiger partial charge in [0.05, 0.1) is 12.5 Å². The number of methoxy groups -OCH3 is 1. The number of hydrogen-bond donors (Lipinski definition) is 0. The Bertz CT molecular complexity index is 241. The molecule has 1 aliphatic carbocycles. The molecule has 0 amide bonds. The van der Waals surface area contributed by atoms with E-state index in [-0.39, 0.29) is 11.4 Å². The van der Waals surface area contributed by atoms with Gasteiger partial charge in [-0.25, -0.2) is 0 Å². The third kappa shape index (κ3) is 1.34. The number of fused-ring (bicyclic) bond motifs is 1. The van der Waals surface area contributed by atoms with Crippen LogP contribution in [0.1, 0.15) is 25.7 Å². The van der Waals surface area contributed by atoms with Gasteiger partial charge in [-0.15, -0.1) is 0 Å². The van der Waals surface area contributed by atoms with Gasteiger partial charge in [0.25, 0.3) is 0 Å². The van der Waals surface area contributed by atoms with Crippen LogP contribution in [0.3, 0.4) is 0 Å². The molecular formula is C11H19NO2. The van der Waals surface area contributed by atoms with Crippen LogP contribution in [0, 0.1) is 11.3 Å². The van der Waals surface area contributed by atoms with Gasteiger partial charge in [-0.2, -0.15) is 0 Å². The standard InChI is InChI=1S/C11H19NO2/c1-12-7-9-5-3-4-6-11(9,8-12)10(13)14-2/h9H,3-8H2,1-2H3. The molecule has 0 aromatic rings. The lowest BCUT2D eigenvalue weighted by atomic mass is 9.68. The Hall–Kier alpha value is -0.570. The Morgan fingerprint density at radius 1 is 1.50 bits per heavy atom. The maximum absolute atomic E-state index is 11.9. The fraction of sp³-hybridized carbons (Fsp3) is 0.909. The van der Waals surface area contributed by atoms with Crippen molar-refractivity contribution in [3.8, 4) is 0 Å². The highest BCUT2D eigenvalue weighted by atomic mass is 16.5. The summed E-state index contributed by atoms with van der Waals surface area (Å²) in [5.41, 5.74) is -0.165. The summed E-state index contributed by atoms with van der Waals surface area (Å²) in [6.07, 6.45) is 4.67. The second-order valence-corrected chi connectivity index (χ2v) is 4.79. The molecule has 1 saturated carbocycles. The first kappa shape index (κ1) is 9.97. The fourth-order valence-corrected chi connectivity index (χ4v) is 3.24. The number of rotatable bonds is 1. The van der Waals surface area contributed by atoms with E-state index in [1.54, 1.807) is 0 Å². The van der Waals surface area contributed by atoms with E-state index in [4.69, 9.17) is 4.74 Å². The van der Waals surface area contributed by atoms with Gasteiger partial charge < -0.3 is 9.64 Å². The average molecular weight is 197 g/mol. The first-order chi connectivity index (χ1) is 6.69. The van der Waals surface area contributed by atoms with Gasteiger partial charge in [0.1, 0.15) is 0 Å². The largest absolute Gasteiger partial charge is 0.469 e. The van der Waals surface area contributed by atoms with Gasteiger partial charge in [-0.1, -0.05) is 12.8 Å². The Labute approximate surface area is 85.4 Å². The number of hydrogen-bond acceptors (Lipinski definition) is 3. The Kier molecular flexibility index (Phi) is 2.52. The highest BCUT2D eigenvalue weighted by Gasteiger charge is 2.52. The van der Waals surface area contributed by atoms with Crippen LogP contribution in [0.2, 0.25) is 0 Å². The maximum atomic E-state index is 11.9. The van der Waals surface area contributed by atoms with E-state index in [0.717, 1.165) is 19.5 Å². The van der Waals surface area contributed by atoms with Crippen LogP contribution in [0.25, 0.3) is 0 Å². The molecule has 1 aliphatic heterocycles. The summed E-state index contributed by atoms with van der Waals surface area (Å²) in [6, 6.07) is 0. The van der Waals surface area contributed by atoms with Crippen molar-refractivity contribution in [2.24, 2.45) is 11.3 Å². The van der Waals surface area contributed by atoms with E-state index in [1.807, 2.05) is 0 Å². The first-order valence-corrected chi connectivity index (χ1v) is 5.46. The first-order valence-electron chi connectivity index (χ1n) is 5.46. The Balaban J connectivity index is 2.23. The smallest absolute Gasteiger partial charge is 0.313 e. The third-order valence-electron chi connectivity index (χ3n) is 3.88. The van der Waals surface area contributed by atoms with Crippen LogP contribution >= 0.6 is 0 Å².